The highest BCUT2D eigenvalue weighted by Crippen LogP contribution is 2.41. The minimum Gasteiger partial charge on any atom is -0.257 e. The number of hydrogen-bond acceptors (Lipinski definition) is 4. The quantitative estimate of drug-likeness (QED) is 0.798. The fraction of sp³-hybridized carbons (Fsp3) is 0.769. The zero-order valence-electron chi connectivity index (χ0n) is 11.9. The summed E-state index contributed by atoms with van der Waals surface area (Å²) in [4.78, 5) is 0.773. The average molecular weight is 319 g/mol. The zero-order chi connectivity index (χ0) is 15.3. The minimum absolute atomic E-state index is 0.111. The molecule has 21 heavy (non-hydrogen) atoms. The Morgan fingerprint density at radius 1 is 1.24 bits per heavy atom. The van der Waals surface area contributed by atoms with Crippen LogP contribution in [0.3, 0.4) is 0 Å². The van der Waals surface area contributed by atoms with E-state index < -0.39 is 15.2 Å². The molecule has 1 aliphatic heterocycles. The summed E-state index contributed by atoms with van der Waals surface area (Å²) in [5, 5.41) is -0.179. The first-order valence-corrected chi connectivity index (χ1v) is 8.74. The molecule has 2 aliphatic rings. The Labute approximate surface area is 122 Å². The Balaban J connectivity index is 1.94. The summed E-state index contributed by atoms with van der Waals surface area (Å²) in [6, 6.07) is 1.31. The van der Waals surface area contributed by atoms with Crippen molar-refractivity contribution < 1.29 is 17.2 Å². The highest BCUT2D eigenvalue weighted by atomic mass is 32.2. The van der Waals surface area contributed by atoms with E-state index in [1.54, 1.807) is 0 Å². The normalized spacial score (nSPS) is 21.7. The van der Waals surface area contributed by atoms with Crippen molar-refractivity contribution in [3.63, 3.8) is 0 Å². The van der Waals surface area contributed by atoms with Crippen molar-refractivity contribution >= 4 is 9.84 Å². The van der Waals surface area contributed by atoms with E-state index in [2.05, 4.69) is 5.10 Å². The molecule has 1 aromatic heterocycles. The van der Waals surface area contributed by atoms with Gasteiger partial charge in [-0.25, -0.2) is 13.3 Å². The smallest absolute Gasteiger partial charge is 0.257 e. The van der Waals surface area contributed by atoms with E-state index in [-0.39, 0.29) is 24.0 Å². The fourth-order valence-electron chi connectivity index (χ4n) is 2.75. The Morgan fingerprint density at radius 3 is 2.43 bits per heavy atom. The largest absolute Gasteiger partial charge is 0.412 e. The van der Waals surface area contributed by atoms with Crippen LogP contribution in [0.2, 0.25) is 0 Å². The summed E-state index contributed by atoms with van der Waals surface area (Å²) in [5.74, 6) is 0.226. The predicted molar refractivity (Wildman–Crippen MR) is 72.7 cm³/mol. The van der Waals surface area contributed by atoms with Gasteiger partial charge in [0.05, 0.1) is 5.69 Å². The molecule has 118 valence electrons. The van der Waals surface area contributed by atoms with Crippen LogP contribution in [-0.4, -0.2) is 41.6 Å². The molecule has 0 unspecified atom stereocenters. The van der Waals surface area contributed by atoms with Crippen molar-refractivity contribution in [2.24, 2.45) is 7.05 Å². The standard InChI is InChI=1S/C13H19F2N3O2S/c1-17-12(9-11(16-17)10-5-6-10)21(19,20)13(14,15)18-7-3-2-4-8-18/h9-10H,2-8H2,1H3. The van der Waals surface area contributed by atoms with Gasteiger partial charge in [-0.2, -0.15) is 13.9 Å². The number of nitrogens with zero attached hydrogens (tertiary/aromatic N) is 3. The van der Waals surface area contributed by atoms with Crippen LogP contribution in [0.4, 0.5) is 8.78 Å². The molecule has 0 aromatic carbocycles. The zero-order valence-corrected chi connectivity index (χ0v) is 12.7. The van der Waals surface area contributed by atoms with Crippen LogP contribution in [0.25, 0.3) is 0 Å². The van der Waals surface area contributed by atoms with Gasteiger partial charge in [0.25, 0.3) is 9.84 Å². The Bertz CT molecular complexity index is 632. The average Bonchev–Trinajstić information content (AvgIpc) is 3.22. The lowest BCUT2D eigenvalue weighted by molar-refractivity contribution is -0.0799. The monoisotopic (exact) mass is 319 g/mol. The molecular formula is C13H19F2N3O2S. The number of rotatable bonds is 4. The van der Waals surface area contributed by atoms with Gasteiger partial charge >= 0.3 is 5.38 Å². The number of sulfone groups is 1. The maximum absolute atomic E-state index is 14.5. The maximum atomic E-state index is 14.5. The molecule has 1 saturated carbocycles. The van der Waals surface area contributed by atoms with Gasteiger partial charge in [-0.3, -0.25) is 4.68 Å². The number of aromatic nitrogens is 2. The molecule has 0 atom stereocenters. The van der Waals surface area contributed by atoms with E-state index in [9.17, 15) is 17.2 Å². The fourth-order valence-corrected chi connectivity index (χ4v) is 4.19. The molecule has 8 heteroatoms. The first kappa shape index (κ1) is 14.9. The third-order valence-corrected chi connectivity index (χ3v) is 6.01. The van der Waals surface area contributed by atoms with Gasteiger partial charge in [-0.05, 0) is 31.7 Å². The minimum atomic E-state index is -4.76. The van der Waals surface area contributed by atoms with Crippen molar-refractivity contribution in [2.75, 3.05) is 13.1 Å². The lowest BCUT2D eigenvalue weighted by Crippen LogP contribution is -2.50. The molecule has 2 heterocycles. The first-order chi connectivity index (χ1) is 9.84. The summed E-state index contributed by atoms with van der Waals surface area (Å²) < 4.78 is 54.8. The maximum Gasteiger partial charge on any atom is 0.412 e. The van der Waals surface area contributed by atoms with Crippen molar-refractivity contribution in [1.82, 2.24) is 14.7 Å². The van der Waals surface area contributed by atoms with Crippen LogP contribution in [0.15, 0.2) is 11.1 Å². The molecule has 0 N–H and O–H groups in total. The van der Waals surface area contributed by atoms with E-state index in [1.807, 2.05) is 0 Å². The van der Waals surface area contributed by atoms with E-state index in [0.29, 0.717) is 18.5 Å². The number of alkyl halides is 2. The van der Waals surface area contributed by atoms with E-state index in [4.69, 9.17) is 0 Å². The summed E-state index contributed by atoms with van der Waals surface area (Å²) >= 11 is 0. The molecule has 1 aliphatic carbocycles. The number of hydrogen-bond donors (Lipinski definition) is 0. The number of piperidine rings is 1. The third kappa shape index (κ3) is 2.48. The van der Waals surface area contributed by atoms with E-state index in [1.165, 1.54) is 13.1 Å². The number of likely N-dealkylation sites (tertiary alicyclic amines) is 1. The van der Waals surface area contributed by atoms with Crippen LogP contribution < -0.4 is 0 Å². The van der Waals surface area contributed by atoms with Gasteiger partial charge in [-0.15, -0.1) is 0 Å². The lowest BCUT2D eigenvalue weighted by atomic mass is 10.1. The molecule has 2 fully saturated rings. The molecule has 5 nitrogen and oxygen atoms in total. The number of aryl methyl sites for hydroxylation is 1. The van der Waals surface area contributed by atoms with Crippen LogP contribution in [0, 0.1) is 0 Å². The highest BCUT2D eigenvalue weighted by Gasteiger charge is 2.53. The van der Waals surface area contributed by atoms with Crippen LogP contribution in [-0.2, 0) is 16.9 Å². The second-order valence-corrected chi connectivity index (χ2v) is 7.76. The van der Waals surface area contributed by atoms with Gasteiger partial charge < -0.3 is 0 Å². The van der Waals surface area contributed by atoms with Gasteiger partial charge in [-0.1, -0.05) is 6.42 Å². The van der Waals surface area contributed by atoms with Crippen molar-refractivity contribution in [3.05, 3.63) is 11.8 Å². The molecule has 1 aromatic rings. The Hall–Kier alpha value is -1.02. The van der Waals surface area contributed by atoms with Crippen molar-refractivity contribution in [1.29, 1.82) is 0 Å². The van der Waals surface area contributed by atoms with Gasteiger partial charge in [0.1, 0.15) is 0 Å². The third-order valence-electron chi connectivity index (χ3n) is 4.17. The van der Waals surface area contributed by atoms with Crippen LogP contribution >= 0.6 is 0 Å². The summed E-state index contributed by atoms with van der Waals surface area (Å²) in [7, 11) is -3.35. The predicted octanol–water partition coefficient (Wildman–Crippen LogP) is 2.11. The van der Waals surface area contributed by atoms with Crippen LogP contribution in [0.5, 0.6) is 0 Å². The molecular weight excluding hydrogens is 300 g/mol. The second kappa shape index (κ2) is 5.01. The van der Waals surface area contributed by atoms with E-state index in [0.717, 1.165) is 28.8 Å². The molecule has 0 radical (unpaired) electrons. The van der Waals surface area contributed by atoms with Crippen molar-refractivity contribution in [2.45, 2.75) is 48.4 Å². The summed E-state index contributed by atoms with van der Waals surface area (Å²) in [6.45, 7) is 0.221. The van der Waals surface area contributed by atoms with Gasteiger partial charge in [0.2, 0.25) is 0 Å². The highest BCUT2D eigenvalue weighted by molar-refractivity contribution is 7.92. The van der Waals surface area contributed by atoms with E-state index >= 15 is 0 Å². The number of halogens is 2. The van der Waals surface area contributed by atoms with Gasteiger partial charge in [0, 0.05) is 26.1 Å². The topological polar surface area (TPSA) is 55.2 Å². The van der Waals surface area contributed by atoms with Crippen LogP contribution in [0.1, 0.15) is 43.7 Å². The first-order valence-electron chi connectivity index (χ1n) is 7.25. The molecule has 1 saturated heterocycles. The Morgan fingerprint density at radius 2 is 1.86 bits per heavy atom. The Kier molecular flexibility index (Phi) is 3.56. The van der Waals surface area contributed by atoms with Gasteiger partial charge in [0.15, 0.2) is 5.03 Å². The molecule has 0 amide bonds. The molecule has 3 rings (SSSR count). The summed E-state index contributed by atoms with van der Waals surface area (Å²) in [6.07, 6.45) is 3.95. The lowest BCUT2D eigenvalue weighted by Gasteiger charge is -2.32. The second-order valence-electron chi connectivity index (χ2n) is 5.84. The van der Waals surface area contributed by atoms with Crippen molar-refractivity contribution in [3.8, 4) is 0 Å². The SMILES string of the molecule is Cn1nc(C2CC2)cc1S(=O)(=O)C(F)(F)N1CCCCC1. The summed E-state index contributed by atoms with van der Waals surface area (Å²) in [5.41, 5.74) is 0.602. The molecule has 0 bridgehead atoms. The molecule has 0 spiro atoms.